The van der Waals surface area contributed by atoms with Gasteiger partial charge in [-0.15, -0.1) is 0 Å². The fraction of sp³-hybridized carbons (Fsp3) is 0.333. The number of nitrogen functional groups attached to an aromatic ring is 2. The Kier molecular flexibility index (Phi) is 2.11. The fourth-order valence-electron chi connectivity index (χ4n) is 1.52. The van der Waals surface area contributed by atoms with Crippen LogP contribution < -0.4 is 11.6 Å². The third-order valence-corrected chi connectivity index (χ3v) is 2.40. The first-order valence-corrected chi connectivity index (χ1v) is 4.74. The van der Waals surface area contributed by atoms with Gasteiger partial charge >= 0.3 is 0 Å². The van der Waals surface area contributed by atoms with Crippen LogP contribution in [-0.4, -0.2) is 19.2 Å². The maximum atomic E-state index is 5.87. The zero-order chi connectivity index (χ0) is 11.0. The summed E-state index contributed by atoms with van der Waals surface area (Å²) in [5.41, 5.74) is 7.43. The number of aromatic nitrogens is 4. The minimum atomic E-state index is 0.468. The monoisotopic (exact) mass is 206 g/mol. The highest BCUT2D eigenvalue weighted by Crippen LogP contribution is 2.23. The summed E-state index contributed by atoms with van der Waals surface area (Å²) in [5, 5.41) is 0. The molecule has 15 heavy (non-hydrogen) atoms. The van der Waals surface area contributed by atoms with Crippen molar-refractivity contribution in [2.24, 2.45) is 7.05 Å². The summed E-state index contributed by atoms with van der Waals surface area (Å²) in [4.78, 5) is 8.40. The van der Waals surface area contributed by atoms with Crippen LogP contribution in [0, 0.1) is 0 Å². The molecule has 2 heterocycles. The van der Waals surface area contributed by atoms with Gasteiger partial charge in [-0.3, -0.25) is 0 Å². The van der Waals surface area contributed by atoms with Gasteiger partial charge in [0.2, 0.25) is 0 Å². The number of nitrogens with zero attached hydrogens (tertiary/aromatic N) is 4. The van der Waals surface area contributed by atoms with Crippen LogP contribution in [0.4, 0.5) is 5.82 Å². The van der Waals surface area contributed by atoms with E-state index in [9.17, 15) is 0 Å². The molecule has 80 valence electrons. The van der Waals surface area contributed by atoms with Crippen molar-refractivity contribution in [2.45, 2.75) is 13.3 Å². The smallest absolute Gasteiger partial charge is 0.152 e. The molecule has 0 amide bonds. The Bertz CT molecular complexity index is 481. The summed E-state index contributed by atoms with van der Waals surface area (Å²) in [6.45, 7) is 1.98. The molecule has 0 radical (unpaired) electrons. The molecule has 0 fully saturated rings. The van der Waals surface area contributed by atoms with E-state index >= 15 is 0 Å². The maximum Gasteiger partial charge on any atom is 0.152 e. The summed E-state index contributed by atoms with van der Waals surface area (Å²) in [6.07, 6.45) is 4.17. The van der Waals surface area contributed by atoms with Crippen LogP contribution >= 0.6 is 0 Å². The second kappa shape index (κ2) is 3.30. The SMILES string of the molecule is CCc1nc(-c2cncn2C)c(N)n1N. The van der Waals surface area contributed by atoms with E-state index in [2.05, 4.69) is 9.97 Å². The Labute approximate surface area is 87.5 Å². The highest BCUT2D eigenvalue weighted by Gasteiger charge is 2.15. The summed E-state index contributed by atoms with van der Waals surface area (Å²) in [7, 11) is 1.89. The third-order valence-electron chi connectivity index (χ3n) is 2.40. The van der Waals surface area contributed by atoms with Gasteiger partial charge in [0.15, 0.2) is 5.82 Å². The molecule has 2 aromatic heterocycles. The summed E-state index contributed by atoms with van der Waals surface area (Å²) in [6, 6.07) is 0. The van der Waals surface area contributed by atoms with Crippen molar-refractivity contribution in [3.8, 4) is 11.4 Å². The Hall–Kier alpha value is -1.98. The predicted octanol–water partition coefficient (Wildman–Crippen LogP) is 0.142. The Morgan fingerprint density at radius 3 is 2.67 bits per heavy atom. The molecule has 0 aromatic carbocycles. The van der Waals surface area contributed by atoms with E-state index in [1.54, 1.807) is 12.5 Å². The van der Waals surface area contributed by atoms with Crippen LogP contribution in [0.1, 0.15) is 12.7 Å². The summed E-state index contributed by atoms with van der Waals surface area (Å²) in [5.74, 6) is 7.00. The second-order valence-corrected chi connectivity index (χ2v) is 3.38. The molecule has 0 bridgehead atoms. The average Bonchev–Trinajstić information content (AvgIpc) is 2.74. The third kappa shape index (κ3) is 1.34. The number of anilines is 1. The molecule has 0 atom stereocenters. The lowest BCUT2D eigenvalue weighted by atomic mass is 10.3. The van der Waals surface area contributed by atoms with E-state index in [1.165, 1.54) is 4.68 Å². The van der Waals surface area contributed by atoms with Crippen molar-refractivity contribution in [1.82, 2.24) is 19.2 Å². The van der Waals surface area contributed by atoms with E-state index in [0.717, 1.165) is 17.9 Å². The molecule has 0 unspecified atom stereocenters. The lowest BCUT2D eigenvalue weighted by Gasteiger charge is -2.00. The number of rotatable bonds is 2. The van der Waals surface area contributed by atoms with Crippen molar-refractivity contribution in [3.05, 3.63) is 18.3 Å². The van der Waals surface area contributed by atoms with Crippen LogP contribution in [-0.2, 0) is 13.5 Å². The first kappa shape index (κ1) is 9.57. The van der Waals surface area contributed by atoms with Gasteiger partial charge in [-0.2, -0.15) is 0 Å². The van der Waals surface area contributed by atoms with Crippen molar-refractivity contribution in [1.29, 1.82) is 0 Å². The second-order valence-electron chi connectivity index (χ2n) is 3.38. The largest absolute Gasteiger partial charge is 0.382 e. The van der Waals surface area contributed by atoms with Crippen molar-refractivity contribution < 1.29 is 0 Å². The average molecular weight is 206 g/mol. The molecule has 4 N–H and O–H groups in total. The fourth-order valence-corrected chi connectivity index (χ4v) is 1.52. The lowest BCUT2D eigenvalue weighted by molar-refractivity contribution is 0.864. The van der Waals surface area contributed by atoms with Crippen molar-refractivity contribution in [3.63, 3.8) is 0 Å². The normalized spacial score (nSPS) is 10.8. The molecule has 0 aliphatic heterocycles. The van der Waals surface area contributed by atoms with Crippen LogP contribution in [0.25, 0.3) is 11.4 Å². The number of nitrogens with two attached hydrogens (primary N) is 2. The molecule has 0 saturated heterocycles. The minimum Gasteiger partial charge on any atom is -0.382 e. The molecule has 2 aromatic rings. The molecule has 0 spiro atoms. The summed E-state index contributed by atoms with van der Waals surface area (Å²) >= 11 is 0. The topological polar surface area (TPSA) is 87.7 Å². The van der Waals surface area contributed by atoms with Gasteiger partial charge in [0.25, 0.3) is 0 Å². The van der Waals surface area contributed by atoms with Gasteiger partial charge < -0.3 is 16.1 Å². The van der Waals surface area contributed by atoms with Crippen LogP contribution in [0.5, 0.6) is 0 Å². The van der Waals surface area contributed by atoms with Gasteiger partial charge in [-0.05, 0) is 0 Å². The Morgan fingerprint density at radius 2 is 2.20 bits per heavy atom. The molecule has 0 aliphatic carbocycles. The molecule has 6 heteroatoms. The van der Waals surface area contributed by atoms with Gasteiger partial charge in [0.05, 0.1) is 18.2 Å². The van der Waals surface area contributed by atoms with Crippen LogP contribution in [0.3, 0.4) is 0 Å². The quantitative estimate of drug-likeness (QED) is 0.684. The predicted molar refractivity (Wildman–Crippen MR) is 58.4 cm³/mol. The van der Waals surface area contributed by atoms with E-state index < -0.39 is 0 Å². The van der Waals surface area contributed by atoms with Gasteiger partial charge in [0, 0.05) is 13.5 Å². The van der Waals surface area contributed by atoms with E-state index in [4.69, 9.17) is 11.6 Å². The Balaban J connectivity index is 2.59. The van der Waals surface area contributed by atoms with Gasteiger partial charge in [-0.1, -0.05) is 6.92 Å². The molecule has 0 aliphatic rings. The molecular formula is C9H14N6. The minimum absolute atomic E-state index is 0.468. The Morgan fingerprint density at radius 1 is 1.47 bits per heavy atom. The maximum absolute atomic E-state index is 5.87. The zero-order valence-corrected chi connectivity index (χ0v) is 8.81. The molecule has 0 saturated carbocycles. The van der Waals surface area contributed by atoms with Crippen LogP contribution in [0.15, 0.2) is 12.5 Å². The van der Waals surface area contributed by atoms with E-state index in [0.29, 0.717) is 11.5 Å². The first-order chi connectivity index (χ1) is 7.15. The number of hydrogen-bond acceptors (Lipinski definition) is 4. The lowest BCUT2D eigenvalue weighted by Crippen LogP contribution is -2.14. The molecular weight excluding hydrogens is 192 g/mol. The van der Waals surface area contributed by atoms with Gasteiger partial charge in [-0.25, -0.2) is 14.6 Å². The van der Waals surface area contributed by atoms with E-state index in [-0.39, 0.29) is 0 Å². The molecule has 2 rings (SSSR count). The zero-order valence-electron chi connectivity index (χ0n) is 8.81. The molecule has 6 nitrogen and oxygen atoms in total. The number of aryl methyl sites for hydroxylation is 2. The first-order valence-electron chi connectivity index (χ1n) is 4.74. The van der Waals surface area contributed by atoms with E-state index in [1.807, 2.05) is 18.5 Å². The van der Waals surface area contributed by atoms with Crippen molar-refractivity contribution in [2.75, 3.05) is 11.6 Å². The number of hydrogen-bond donors (Lipinski definition) is 2. The van der Waals surface area contributed by atoms with Crippen molar-refractivity contribution >= 4 is 5.82 Å². The summed E-state index contributed by atoms with van der Waals surface area (Å²) < 4.78 is 3.28. The van der Waals surface area contributed by atoms with Crippen LogP contribution in [0.2, 0.25) is 0 Å². The number of imidazole rings is 2. The highest BCUT2D eigenvalue weighted by molar-refractivity contribution is 5.67. The standard InChI is InChI=1S/C9H14N6/c1-3-7-13-8(9(10)15(7)11)6-4-12-5-14(6)2/h4-5H,3,10-11H2,1-2H3. The van der Waals surface area contributed by atoms with Gasteiger partial charge in [0.1, 0.15) is 11.5 Å². The highest BCUT2D eigenvalue weighted by atomic mass is 15.4.